The third kappa shape index (κ3) is 3.68. The van der Waals surface area contributed by atoms with Gasteiger partial charge in [0.2, 0.25) is 0 Å². The van der Waals surface area contributed by atoms with Gasteiger partial charge in [-0.15, -0.1) is 0 Å². The fourth-order valence-corrected chi connectivity index (χ4v) is 3.93. The highest BCUT2D eigenvalue weighted by molar-refractivity contribution is 9.10. The van der Waals surface area contributed by atoms with E-state index in [0.29, 0.717) is 27.9 Å². The molecule has 0 atom stereocenters. The van der Waals surface area contributed by atoms with Crippen LogP contribution < -0.4 is 5.32 Å². The molecule has 4 rings (SSSR count). The van der Waals surface area contributed by atoms with Crippen LogP contribution in [0.3, 0.4) is 0 Å². The number of nitrogens with one attached hydrogen (secondary N) is 1. The Morgan fingerprint density at radius 2 is 1.93 bits per heavy atom. The third-order valence-corrected chi connectivity index (χ3v) is 5.78. The zero-order chi connectivity index (χ0) is 20.6. The van der Waals surface area contributed by atoms with Crippen molar-refractivity contribution in [3.05, 3.63) is 82.2 Å². The molecule has 5 nitrogen and oxygen atoms in total. The summed E-state index contributed by atoms with van der Waals surface area (Å²) in [5, 5.41) is 5.40. The predicted molar refractivity (Wildman–Crippen MR) is 118 cm³/mol. The third-order valence-electron chi connectivity index (χ3n) is 5.19. The molecule has 0 spiro atoms. The summed E-state index contributed by atoms with van der Waals surface area (Å²) in [5.41, 5.74) is 2.36. The number of halogens is 1. The van der Waals surface area contributed by atoms with Crippen LogP contribution >= 0.6 is 15.9 Å². The van der Waals surface area contributed by atoms with Crippen molar-refractivity contribution in [2.45, 2.75) is 19.3 Å². The van der Waals surface area contributed by atoms with E-state index in [0.717, 1.165) is 11.8 Å². The maximum atomic E-state index is 12.8. The van der Waals surface area contributed by atoms with E-state index >= 15 is 0 Å². The summed E-state index contributed by atoms with van der Waals surface area (Å²) in [7, 11) is 0. The molecule has 0 fully saturated rings. The summed E-state index contributed by atoms with van der Waals surface area (Å²) < 4.78 is 2.27. The molecule has 0 unspecified atom stereocenters. The highest BCUT2D eigenvalue weighted by Crippen LogP contribution is 2.26. The van der Waals surface area contributed by atoms with Crippen molar-refractivity contribution >= 4 is 44.5 Å². The Morgan fingerprint density at radius 3 is 2.69 bits per heavy atom. The molecule has 2 heterocycles. The summed E-state index contributed by atoms with van der Waals surface area (Å²) in [5.74, 6) is -0.202. The van der Waals surface area contributed by atoms with Gasteiger partial charge in [-0.1, -0.05) is 56.3 Å². The number of hydrogen-bond acceptors (Lipinski definition) is 3. The van der Waals surface area contributed by atoms with Crippen LogP contribution in [-0.4, -0.2) is 28.1 Å². The fraction of sp³-hybridized carbons (Fsp3) is 0.174. The molecule has 4 aromatic rings. The number of carbonyl (C=O) groups excluding carboxylic acids is 2. The van der Waals surface area contributed by atoms with Crippen molar-refractivity contribution in [3.8, 4) is 0 Å². The first-order valence-corrected chi connectivity index (χ1v) is 10.1. The topological polar surface area (TPSA) is 63.5 Å². The molecule has 146 valence electrons. The molecule has 1 N–H and O–H groups in total. The van der Waals surface area contributed by atoms with Crippen LogP contribution in [0.25, 0.3) is 16.4 Å². The Labute approximate surface area is 176 Å². The number of hydrogen-bond donors (Lipinski definition) is 1. The largest absolute Gasteiger partial charge is 0.351 e. The average Bonchev–Trinajstić information content (AvgIpc) is 3.15. The highest BCUT2D eigenvalue weighted by atomic mass is 79.9. The molecule has 1 amide bonds. The van der Waals surface area contributed by atoms with Crippen LogP contribution in [-0.2, 0) is 5.41 Å². The number of fused-ring (bicyclic) bond motifs is 2. The molecule has 2 aromatic heterocycles. The van der Waals surface area contributed by atoms with Crippen molar-refractivity contribution < 1.29 is 9.59 Å². The summed E-state index contributed by atoms with van der Waals surface area (Å²) in [6, 6.07) is 16.3. The first-order valence-electron chi connectivity index (χ1n) is 9.28. The number of imidazole rings is 1. The monoisotopic (exact) mass is 449 g/mol. The Balaban J connectivity index is 1.56. The lowest BCUT2D eigenvalue weighted by Gasteiger charge is -2.26. The van der Waals surface area contributed by atoms with E-state index in [4.69, 9.17) is 0 Å². The second kappa shape index (κ2) is 7.44. The van der Waals surface area contributed by atoms with Crippen molar-refractivity contribution in [2.24, 2.45) is 0 Å². The molecule has 0 saturated carbocycles. The van der Waals surface area contributed by atoms with Gasteiger partial charge in [-0.3, -0.25) is 14.0 Å². The van der Waals surface area contributed by atoms with Gasteiger partial charge in [0.15, 0.2) is 11.9 Å². The molecular weight excluding hydrogens is 430 g/mol. The van der Waals surface area contributed by atoms with E-state index in [2.05, 4.69) is 70.4 Å². The van der Waals surface area contributed by atoms with Gasteiger partial charge >= 0.3 is 0 Å². The summed E-state index contributed by atoms with van der Waals surface area (Å²) in [4.78, 5) is 28.2. The van der Waals surface area contributed by atoms with Gasteiger partial charge in [-0.05, 0) is 38.3 Å². The second-order valence-corrected chi connectivity index (χ2v) is 8.55. The van der Waals surface area contributed by atoms with E-state index < -0.39 is 0 Å². The van der Waals surface area contributed by atoms with E-state index in [1.54, 1.807) is 16.7 Å². The van der Waals surface area contributed by atoms with Crippen molar-refractivity contribution in [2.75, 3.05) is 6.54 Å². The Morgan fingerprint density at radius 1 is 1.17 bits per heavy atom. The minimum absolute atomic E-state index is 0.202. The van der Waals surface area contributed by atoms with E-state index in [1.165, 1.54) is 17.0 Å². The Bertz CT molecular complexity index is 1240. The van der Waals surface area contributed by atoms with Crippen LogP contribution in [0.4, 0.5) is 0 Å². The van der Waals surface area contributed by atoms with Crippen molar-refractivity contribution in [3.63, 3.8) is 0 Å². The van der Waals surface area contributed by atoms with Gasteiger partial charge in [0.1, 0.15) is 5.69 Å². The molecule has 29 heavy (non-hydrogen) atoms. The number of aldehydes is 1. The second-order valence-electron chi connectivity index (χ2n) is 7.70. The Hall–Kier alpha value is -2.99. The molecule has 0 radical (unpaired) electrons. The molecule has 6 heteroatoms. The van der Waals surface area contributed by atoms with Gasteiger partial charge in [0, 0.05) is 18.2 Å². The highest BCUT2D eigenvalue weighted by Gasteiger charge is 2.22. The van der Waals surface area contributed by atoms with Gasteiger partial charge in [-0.2, -0.15) is 0 Å². The van der Waals surface area contributed by atoms with Crippen molar-refractivity contribution in [1.29, 1.82) is 0 Å². The first-order chi connectivity index (χ1) is 13.9. The zero-order valence-electron chi connectivity index (χ0n) is 16.1. The summed E-state index contributed by atoms with van der Waals surface area (Å²) >= 11 is 3.43. The lowest BCUT2D eigenvalue weighted by molar-refractivity contribution is 0.0944. The number of carbonyl (C=O) groups is 2. The maximum Gasteiger partial charge on any atom is 0.252 e. The molecule has 0 aliphatic rings. The maximum absolute atomic E-state index is 12.8. The minimum Gasteiger partial charge on any atom is -0.351 e. The number of nitrogens with zero attached hydrogens (tertiary/aromatic N) is 2. The number of aromatic nitrogens is 2. The summed E-state index contributed by atoms with van der Waals surface area (Å²) in [6.07, 6.45) is 3.84. The minimum atomic E-state index is -0.246. The van der Waals surface area contributed by atoms with Gasteiger partial charge in [0.25, 0.3) is 5.91 Å². The van der Waals surface area contributed by atoms with Crippen LogP contribution in [0.15, 0.2) is 65.4 Å². The number of benzene rings is 2. The predicted octanol–water partition coefficient (Wildman–Crippen LogP) is 4.77. The van der Waals surface area contributed by atoms with Crippen LogP contribution in [0.1, 0.15) is 40.3 Å². The lowest BCUT2D eigenvalue weighted by atomic mass is 9.83. The van der Waals surface area contributed by atoms with E-state index in [9.17, 15) is 9.59 Å². The molecule has 0 bridgehead atoms. The van der Waals surface area contributed by atoms with Gasteiger partial charge in [0.05, 0.1) is 16.2 Å². The molecule has 0 saturated heterocycles. The van der Waals surface area contributed by atoms with Crippen LogP contribution in [0.2, 0.25) is 0 Å². The SMILES string of the molecule is CC(C)(CNC(=O)c1cc(Br)c2ncc(C=O)n2c1)c1ccc2ccccc2c1. The van der Waals surface area contributed by atoms with Crippen LogP contribution in [0, 0.1) is 0 Å². The molecule has 0 aliphatic carbocycles. The Kier molecular flexibility index (Phi) is 4.96. The molecule has 2 aromatic carbocycles. The molecule has 0 aliphatic heterocycles. The summed E-state index contributed by atoms with van der Waals surface area (Å²) in [6.45, 7) is 4.69. The van der Waals surface area contributed by atoms with E-state index in [1.807, 2.05) is 12.1 Å². The fourth-order valence-electron chi connectivity index (χ4n) is 3.39. The smallest absolute Gasteiger partial charge is 0.252 e. The standard InChI is InChI=1S/C23H20BrN3O2/c1-23(2,18-8-7-15-5-3-4-6-16(15)9-18)14-26-22(29)17-10-20(24)21-25-11-19(13-28)27(21)12-17/h3-13H,14H2,1-2H3,(H,26,29). The number of pyridine rings is 1. The normalized spacial score (nSPS) is 11.7. The average molecular weight is 450 g/mol. The zero-order valence-corrected chi connectivity index (χ0v) is 17.7. The molecular formula is C23H20BrN3O2. The lowest BCUT2D eigenvalue weighted by Crippen LogP contribution is -2.36. The van der Waals surface area contributed by atoms with Crippen molar-refractivity contribution in [1.82, 2.24) is 14.7 Å². The quantitative estimate of drug-likeness (QED) is 0.446. The van der Waals surface area contributed by atoms with Gasteiger partial charge in [-0.25, -0.2) is 4.98 Å². The van der Waals surface area contributed by atoms with Crippen LogP contribution in [0.5, 0.6) is 0 Å². The van der Waals surface area contributed by atoms with Gasteiger partial charge < -0.3 is 5.32 Å². The van der Waals surface area contributed by atoms with E-state index in [-0.39, 0.29) is 11.3 Å². The number of amides is 1. The first kappa shape index (κ1) is 19.3. The number of rotatable bonds is 5.